The Labute approximate surface area is 688 Å². The van der Waals surface area contributed by atoms with E-state index in [1.807, 2.05) is 41.5 Å². The van der Waals surface area contributed by atoms with Crippen LogP contribution in [0.4, 0.5) is 0 Å². The predicted molar refractivity (Wildman–Crippen MR) is 449 cm³/mol. The maximum absolute atomic E-state index is 13.8. The maximum atomic E-state index is 13.8. The van der Waals surface area contributed by atoms with Gasteiger partial charge in [0.25, 0.3) is 0 Å². The van der Waals surface area contributed by atoms with Gasteiger partial charge in [0, 0.05) is 71.5 Å². The molecule has 0 aromatic heterocycles. The van der Waals surface area contributed by atoms with Crippen molar-refractivity contribution in [3.63, 3.8) is 0 Å². The second kappa shape index (κ2) is 49.3. The van der Waals surface area contributed by atoms with E-state index in [4.69, 9.17) is 16.6 Å². The number of aliphatic imine (C=N–C) groups is 1. The molecule has 0 heterocycles. The van der Waals surface area contributed by atoms with E-state index in [9.17, 15) is 93.0 Å². The summed E-state index contributed by atoms with van der Waals surface area (Å²) >= 11 is 2.81. The lowest BCUT2D eigenvalue weighted by Crippen LogP contribution is -2.49. The van der Waals surface area contributed by atoms with Crippen molar-refractivity contribution >= 4 is 106 Å². The summed E-state index contributed by atoms with van der Waals surface area (Å²) in [5.41, 5.74) is 15.5. The van der Waals surface area contributed by atoms with Gasteiger partial charge < -0.3 is 68.5 Å². The number of benzene rings is 3. The highest BCUT2D eigenvalue weighted by molar-refractivity contribution is 8.00. The Hall–Kier alpha value is -8.86. The van der Waals surface area contributed by atoms with Crippen molar-refractivity contribution in [1.82, 2.24) is 21.3 Å². The van der Waals surface area contributed by atoms with E-state index in [-0.39, 0.29) is 108 Å². The number of carbonyl (C=O) groups is 13. The molecule has 0 saturated heterocycles. The maximum Gasteiger partial charge on any atom is 0.322 e. The van der Waals surface area contributed by atoms with Crippen molar-refractivity contribution in [2.24, 2.45) is 67.7 Å². The van der Waals surface area contributed by atoms with Crippen LogP contribution in [0.15, 0.2) is 77.8 Å². The standard InChI is InChI=1S/C36H51NO7S.C34H56N6O13S.C16H26/c1-35(2,3)19-7-8-30(40)22-27(20-24-9-14-28(38)15-10-24)33(42)37-31(21-25-11-16-29(39)17-12-25)32(41)18-13-26(34(43)44)23-45-36(4,5)6;1-33(2,3)15-19(13-26(45)46)31(53)39-21(8-7-9-37-32(35)36)23(41)10-18(12-25(43)44)30(52)40-22(14-27(47)48)24(42)11-20(17-54-34(4,5)6)29(51)38-16-28(49)50;1-15(2,3)11-13-7-9-14(10-8-13)12-16(4,5)6/h9-12,14-17,26-27,31,38-39H,7-8,13,18-23H2,1-6H3,(H,37,42)(H,43,44);18-22H,7-17H2,1-6H3,(H,38,51)(H,39,53)(H,40,52)(H,43,44)(H,45,46)(H,47,48)(H,49,50)(H4,35,36,37);7-10H,11-12H2,1-6H3/t26-,27-,31+;18-,19+,20+,21-,22-;/m10./s1. The van der Waals surface area contributed by atoms with Gasteiger partial charge >= 0.3 is 29.8 Å². The van der Waals surface area contributed by atoms with Gasteiger partial charge in [-0.05, 0) is 132 Å². The monoisotopic (exact) mass is 1650 g/mol. The van der Waals surface area contributed by atoms with Crippen molar-refractivity contribution in [3.05, 3.63) is 95.1 Å². The Bertz CT molecular complexity index is 3650. The molecule has 0 fully saturated rings. The van der Waals surface area contributed by atoms with Gasteiger partial charge in [0.05, 0.1) is 55.1 Å². The van der Waals surface area contributed by atoms with Crippen LogP contribution >= 0.6 is 23.5 Å². The number of guanidine groups is 1. The fraction of sp³-hybridized carbons (Fsp3) is 0.628. The number of hydrogen-bond donors (Lipinski definition) is 13. The van der Waals surface area contributed by atoms with Crippen molar-refractivity contribution < 1.29 is 98.1 Å². The number of nitrogens with one attached hydrogen (secondary N) is 4. The first-order valence-electron chi connectivity index (χ1n) is 39.1. The number of Topliss-reactive ketones (excluding diaryl/α,β-unsaturated/α-hetero) is 4. The lowest BCUT2D eigenvalue weighted by atomic mass is 9.82. The highest BCUT2D eigenvalue weighted by atomic mass is 32.2. The molecule has 3 aromatic carbocycles. The summed E-state index contributed by atoms with van der Waals surface area (Å²) in [5.74, 6) is -16.7. The zero-order chi connectivity index (χ0) is 88.2. The van der Waals surface area contributed by atoms with E-state index in [1.54, 1.807) is 45.0 Å². The molecule has 0 aliphatic carbocycles. The molecule has 29 heteroatoms. The van der Waals surface area contributed by atoms with Gasteiger partial charge in [-0.3, -0.25) is 67.3 Å². The zero-order valence-corrected chi connectivity index (χ0v) is 72.6. The first-order valence-corrected chi connectivity index (χ1v) is 41.1. The number of hydrogen-bond acceptors (Lipinski definition) is 18. The number of nitrogens with zero attached hydrogens (tertiary/aromatic N) is 1. The summed E-state index contributed by atoms with van der Waals surface area (Å²) in [7, 11) is 0. The molecule has 0 radical (unpaired) electrons. The van der Waals surface area contributed by atoms with Gasteiger partial charge in [-0.2, -0.15) is 23.5 Å². The molecule has 3 rings (SSSR count). The number of thioether (sulfide) groups is 2. The fourth-order valence-electron chi connectivity index (χ4n) is 12.0. The average molecular weight is 1650 g/mol. The summed E-state index contributed by atoms with van der Waals surface area (Å²) in [4.78, 5) is 169. The van der Waals surface area contributed by atoms with Crippen molar-refractivity contribution in [2.75, 3.05) is 24.6 Å². The van der Waals surface area contributed by atoms with Crippen LogP contribution in [0.2, 0.25) is 0 Å². The minimum absolute atomic E-state index is 0.0160. The normalized spacial score (nSPS) is 13.9. The first kappa shape index (κ1) is 104. The third-order valence-electron chi connectivity index (χ3n) is 17.6. The molecule has 3 aromatic rings. The molecule has 27 nitrogen and oxygen atoms in total. The summed E-state index contributed by atoms with van der Waals surface area (Å²) < 4.78 is -0.504. The van der Waals surface area contributed by atoms with Gasteiger partial charge in [-0.15, -0.1) is 0 Å². The largest absolute Gasteiger partial charge is 0.508 e. The predicted octanol–water partition coefficient (Wildman–Crippen LogP) is 12.0. The quantitative estimate of drug-likeness (QED) is 0.0142. The number of ketones is 4. The van der Waals surface area contributed by atoms with Crippen molar-refractivity contribution in [2.45, 2.75) is 268 Å². The van der Waals surface area contributed by atoms with Gasteiger partial charge in [-0.25, -0.2) is 0 Å². The summed E-state index contributed by atoms with van der Waals surface area (Å²) in [6.45, 7) is 36.3. The number of carboxylic acid groups (broad SMARTS) is 5. The van der Waals surface area contributed by atoms with E-state index >= 15 is 0 Å². The molecule has 644 valence electrons. The SMILES string of the molecule is CC(C)(C)CCCC(=O)C[C@@H](Cc1ccc(O)cc1)C(=O)N[C@@H](Cc1ccc(O)cc1)C(=O)CC[C@H](CSC(C)(C)C)C(=O)O.CC(C)(C)C[C@@H](CC(=O)O)C(=O)N[C@@H](CCCN=C(N)N)C(=O)C[C@@H](CC(=O)O)C(=O)N[C@@H](CC(=O)O)C(=O)C[C@H](CSC(C)(C)C)C(=O)NCC(=O)O.CC(C)(C)Cc1ccc(CC(C)(C)C)cc1. The molecule has 0 bridgehead atoms. The number of carbonyl (C=O) groups excluding carboxylic acids is 8. The molecule has 0 aliphatic rings. The third-order valence-corrected chi connectivity index (χ3v) is 20.5. The Morgan fingerprint density at radius 1 is 0.400 bits per heavy atom. The van der Waals surface area contributed by atoms with Gasteiger partial charge in [-0.1, -0.05) is 173 Å². The van der Waals surface area contributed by atoms with E-state index in [0.717, 1.165) is 36.8 Å². The van der Waals surface area contributed by atoms with Crippen LogP contribution in [-0.2, 0) is 88.0 Å². The Morgan fingerprint density at radius 3 is 1.25 bits per heavy atom. The highest BCUT2D eigenvalue weighted by Crippen LogP contribution is 2.32. The van der Waals surface area contributed by atoms with Crippen LogP contribution in [0.3, 0.4) is 0 Å². The van der Waals surface area contributed by atoms with Crippen LogP contribution in [-0.4, -0.2) is 171 Å². The molecule has 115 heavy (non-hydrogen) atoms. The van der Waals surface area contributed by atoms with Crippen LogP contribution in [0.1, 0.15) is 237 Å². The molecule has 0 spiro atoms. The molecule has 0 saturated carbocycles. The topological polar surface area (TPSA) is 476 Å². The minimum atomic E-state index is -1.76. The number of nitrogens with two attached hydrogens (primary N) is 2. The molecule has 0 aliphatic heterocycles. The number of aliphatic carboxylic acids is 5. The summed E-state index contributed by atoms with van der Waals surface area (Å²) in [5, 5.41) is 76.6. The highest BCUT2D eigenvalue weighted by Gasteiger charge is 2.37. The second-order valence-electron chi connectivity index (χ2n) is 36.5. The fourth-order valence-corrected chi connectivity index (χ4v) is 14.0. The Kier molecular flexibility index (Phi) is 44.6. The molecule has 4 amide bonds. The molecule has 0 unspecified atom stereocenters. The first-order chi connectivity index (χ1) is 52.8. The Balaban J connectivity index is 0.000000970. The van der Waals surface area contributed by atoms with Gasteiger partial charge in [0.2, 0.25) is 23.6 Å². The number of phenolic OH excluding ortho intramolecular Hbond substituents is 2. The third kappa shape index (κ3) is 51.0. The smallest absolute Gasteiger partial charge is 0.322 e. The van der Waals surface area contributed by atoms with Gasteiger partial charge in [0.1, 0.15) is 23.8 Å². The van der Waals surface area contributed by atoms with Crippen LogP contribution < -0.4 is 32.7 Å². The summed E-state index contributed by atoms with van der Waals surface area (Å²) in [6.07, 6.45) is 1.16. The lowest BCUT2D eigenvalue weighted by molar-refractivity contribution is -0.144. The number of phenols is 2. The van der Waals surface area contributed by atoms with Crippen LogP contribution in [0, 0.1) is 51.2 Å². The molecular weight excluding hydrogens is 1520 g/mol. The zero-order valence-electron chi connectivity index (χ0n) is 71.0. The van der Waals surface area contributed by atoms with Gasteiger partial charge in [0.15, 0.2) is 23.3 Å². The van der Waals surface area contributed by atoms with E-state index in [0.29, 0.717) is 23.0 Å². The molecule has 8 atom stereocenters. The number of rotatable bonds is 46. The average Bonchev–Trinajstić information content (AvgIpc) is 0.860. The summed E-state index contributed by atoms with van der Waals surface area (Å²) in [6, 6.07) is 17.9. The molecule has 15 N–H and O–H groups in total. The van der Waals surface area contributed by atoms with E-state index < -0.39 is 157 Å². The van der Waals surface area contributed by atoms with Crippen molar-refractivity contribution in [1.29, 1.82) is 0 Å². The number of aromatic hydroxyl groups is 2. The second-order valence-corrected chi connectivity index (χ2v) is 40.2. The Morgan fingerprint density at radius 2 is 0.817 bits per heavy atom. The lowest BCUT2D eigenvalue weighted by Gasteiger charge is -2.27. The van der Waals surface area contributed by atoms with E-state index in [2.05, 4.69) is 113 Å². The van der Waals surface area contributed by atoms with E-state index in [1.165, 1.54) is 58.9 Å². The number of amides is 4. The van der Waals surface area contributed by atoms with Crippen molar-refractivity contribution in [3.8, 4) is 11.5 Å². The van der Waals surface area contributed by atoms with Crippen LogP contribution in [0.25, 0.3) is 0 Å². The molecular formula is C86H133N7O20S2. The number of carboxylic acids is 5. The van der Waals surface area contributed by atoms with Crippen LogP contribution in [0.5, 0.6) is 11.5 Å². The minimum Gasteiger partial charge on any atom is -0.508 e.